The van der Waals surface area contributed by atoms with Crippen LogP contribution in [0.5, 0.6) is 0 Å². The molecular formula is C7H5NO3S. The van der Waals surface area contributed by atoms with Gasteiger partial charge in [0.2, 0.25) is 0 Å². The lowest BCUT2D eigenvalue weighted by Gasteiger charge is -1.89. The first-order chi connectivity index (χ1) is 5.72. The number of carbonyl (C=O) groups is 1. The lowest BCUT2D eigenvalue weighted by molar-refractivity contribution is 0.112. The Morgan fingerprint density at radius 1 is 1.17 bits per heavy atom. The largest absolute Gasteiger partial charge is 0.316 e. The fraction of sp³-hybridized carbons (Fsp3) is 0. The first-order valence-corrected chi connectivity index (χ1v) is 4.12. The van der Waals surface area contributed by atoms with Crippen LogP contribution in [0.25, 0.3) is 0 Å². The van der Waals surface area contributed by atoms with Crippen LogP contribution in [0.3, 0.4) is 0 Å². The molecule has 0 saturated heterocycles. The third kappa shape index (κ3) is 2.28. The molecule has 0 atom stereocenters. The van der Waals surface area contributed by atoms with Crippen LogP contribution in [0.2, 0.25) is 0 Å². The molecule has 1 aromatic rings. The van der Waals surface area contributed by atoms with Crippen molar-refractivity contribution in [2.75, 3.05) is 0 Å². The molecule has 0 aromatic heterocycles. The van der Waals surface area contributed by atoms with E-state index in [2.05, 4.69) is 4.36 Å². The van der Waals surface area contributed by atoms with Gasteiger partial charge in [-0.2, -0.15) is 8.42 Å². The second kappa shape index (κ2) is 3.77. The molecule has 12 heavy (non-hydrogen) atoms. The maximum Gasteiger partial charge on any atom is 0.316 e. The minimum absolute atomic E-state index is 0.314. The molecule has 4 nitrogen and oxygen atoms in total. The first kappa shape index (κ1) is 8.61. The van der Waals surface area contributed by atoms with Crippen molar-refractivity contribution in [1.29, 1.82) is 0 Å². The van der Waals surface area contributed by atoms with Crippen molar-refractivity contribution < 1.29 is 13.2 Å². The molecule has 0 amide bonds. The Balaban J connectivity index is 3.08. The Morgan fingerprint density at radius 2 is 1.75 bits per heavy atom. The maximum absolute atomic E-state index is 10.2. The zero-order valence-corrected chi connectivity index (χ0v) is 6.78. The molecule has 0 aliphatic carbocycles. The summed E-state index contributed by atoms with van der Waals surface area (Å²) in [5, 5.41) is 0. The van der Waals surface area contributed by atoms with Crippen LogP contribution >= 0.6 is 0 Å². The van der Waals surface area contributed by atoms with Crippen LogP contribution < -0.4 is 0 Å². The molecule has 0 fully saturated rings. The average Bonchev–Trinajstić information content (AvgIpc) is 2.05. The van der Waals surface area contributed by atoms with Crippen LogP contribution in [0.15, 0.2) is 28.6 Å². The normalized spacial score (nSPS) is 9.00. The number of hydrogen-bond acceptors (Lipinski definition) is 4. The molecule has 0 bridgehead atoms. The van der Waals surface area contributed by atoms with E-state index in [1.165, 1.54) is 24.3 Å². The Labute approximate surface area is 70.6 Å². The van der Waals surface area contributed by atoms with Crippen molar-refractivity contribution >= 4 is 22.5 Å². The van der Waals surface area contributed by atoms with Gasteiger partial charge in [0.25, 0.3) is 0 Å². The van der Waals surface area contributed by atoms with E-state index in [1.54, 1.807) is 0 Å². The van der Waals surface area contributed by atoms with Gasteiger partial charge < -0.3 is 0 Å². The van der Waals surface area contributed by atoms with Crippen molar-refractivity contribution in [2.24, 2.45) is 4.36 Å². The highest BCUT2D eigenvalue weighted by atomic mass is 32.2. The summed E-state index contributed by atoms with van der Waals surface area (Å²) >= 11 is 0. The van der Waals surface area contributed by atoms with E-state index in [-0.39, 0.29) is 0 Å². The van der Waals surface area contributed by atoms with Crippen molar-refractivity contribution in [1.82, 2.24) is 0 Å². The van der Waals surface area contributed by atoms with Gasteiger partial charge in [0, 0.05) is 5.56 Å². The highest BCUT2D eigenvalue weighted by Crippen LogP contribution is 2.11. The van der Waals surface area contributed by atoms with E-state index in [1.807, 2.05) is 0 Å². The van der Waals surface area contributed by atoms with Gasteiger partial charge in [0.05, 0.1) is 5.69 Å². The second-order valence-electron chi connectivity index (χ2n) is 2.02. The van der Waals surface area contributed by atoms with Gasteiger partial charge in [-0.15, -0.1) is 4.36 Å². The van der Waals surface area contributed by atoms with E-state index < -0.39 is 10.5 Å². The number of aldehydes is 1. The van der Waals surface area contributed by atoms with Crippen LogP contribution in [0, 0.1) is 0 Å². The molecule has 0 N–H and O–H groups in total. The van der Waals surface area contributed by atoms with E-state index in [0.717, 1.165) is 0 Å². The predicted octanol–water partition coefficient (Wildman–Crippen LogP) is 1.19. The Bertz CT molecular complexity index is 397. The van der Waals surface area contributed by atoms with Gasteiger partial charge in [-0.3, -0.25) is 4.79 Å². The van der Waals surface area contributed by atoms with Crippen LogP contribution in [-0.4, -0.2) is 14.7 Å². The third-order valence-electron chi connectivity index (χ3n) is 1.21. The lowest BCUT2D eigenvalue weighted by Crippen LogP contribution is -1.75. The van der Waals surface area contributed by atoms with Crippen molar-refractivity contribution in [3.8, 4) is 0 Å². The molecule has 0 unspecified atom stereocenters. The van der Waals surface area contributed by atoms with Gasteiger partial charge >= 0.3 is 10.5 Å². The lowest BCUT2D eigenvalue weighted by atomic mass is 10.2. The van der Waals surface area contributed by atoms with Gasteiger partial charge in [0.1, 0.15) is 6.29 Å². The molecule has 0 saturated carbocycles. The van der Waals surface area contributed by atoms with Crippen LogP contribution in [-0.2, 0) is 10.5 Å². The third-order valence-corrected chi connectivity index (χ3v) is 1.57. The van der Waals surface area contributed by atoms with Gasteiger partial charge in [0.15, 0.2) is 0 Å². The zero-order valence-electron chi connectivity index (χ0n) is 5.97. The summed E-state index contributed by atoms with van der Waals surface area (Å²) in [4.78, 5) is 10.2. The molecule has 0 spiro atoms. The summed E-state index contributed by atoms with van der Waals surface area (Å²) in [6, 6.07) is 5.91. The smallest absolute Gasteiger partial charge is 0.298 e. The summed E-state index contributed by atoms with van der Waals surface area (Å²) in [5.41, 5.74) is 0.805. The number of hydrogen-bond donors (Lipinski definition) is 0. The average molecular weight is 183 g/mol. The van der Waals surface area contributed by atoms with Gasteiger partial charge in [-0.1, -0.05) is 0 Å². The minimum Gasteiger partial charge on any atom is -0.298 e. The minimum atomic E-state index is -2.44. The Morgan fingerprint density at radius 3 is 2.17 bits per heavy atom. The second-order valence-corrected chi connectivity index (χ2v) is 2.63. The summed E-state index contributed by atoms with van der Waals surface area (Å²) in [6.45, 7) is 0. The number of benzene rings is 1. The van der Waals surface area contributed by atoms with Crippen molar-refractivity contribution in [3.05, 3.63) is 29.8 Å². The van der Waals surface area contributed by atoms with Crippen molar-refractivity contribution in [3.63, 3.8) is 0 Å². The molecule has 5 heteroatoms. The van der Waals surface area contributed by atoms with Crippen LogP contribution in [0.1, 0.15) is 10.4 Å². The number of nitrogens with zero attached hydrogens (tertiary/aromatic N) is 1. The molecular weight excluding hydrogens is 178 g/mol. The molecule has 0 heterocycles. The molecule has 0 aliphatic heterocycles. The number of rotatable bonds is 2. The summed E-state index contributed by atoms with van der Waals surface area (Å²) in [6.07, 6.45) is 0.679. The SMILES string of the molecule is O=Cc1ccc(N=S(=O)=O)cc1. The van der Waals surface area contributed by atoms with Crippen molar-refractivity contribution in [2.45, 2.75) is 0 Å². The number of carbonyl (C=O) groups excluding carboxylic acids is 1. The molecule has 1 rings (SSSR count). The summed E-state index contributed by atoms with van der Waals surface area (Å²) in [5.74, 6) is 0. The van der Waals surface area contributed by atoms with E-state index >= 15 is 0 Å². The fourth-order valence-electron chi connectivity index (χ4n) is 0.700. The molecule has 0 aliphatic rings. The topological polar surface area (TPSA) is 63.6 Å². The van der Waals surface area contributed by atoms with Gasteiger partial charge in [-0.25, -0.2) is 0 Å². The van der Waals surface area contributed by atoms with Gasteiger partial charge in [-0.05, 0) is 24.3 Å². The first-order valence-electron chi connectivity index (χ1n) is 3.09. The Hall–Kier alpha value is -1.49. The summed E-state index contributed by atoms with van der Waals surface area (Å²) < 4.78 is 23.4. The standard InChI is InChI=1S/C7H5NO3S/c9-5-6-1-3-7(4-2-6)8-12(10)11/h1-5H. The summed E-state index contributed by atoms with van der Waals surface area (Å²) in [7, 11) is -2.44. The highest BCUT2D eigenvalue weighted by Gasteiger charge is 1.90. The molecule has 62 valence electrons. The quantitative estimate of drug-likeness (QED) is 0.647. The maximum atomic E-state index is 10.2. The monoisotopic (exact) mass is 183 g/mol. The zero-order chi connectivity index (χ0) is 8.97. The van der Waals surface area contributed by atoms with E-state index in [4.69, 9.17) is 0 Å². The van der Waals surface area contributed by atoms with Crippen LogP contribution in [0.4, 0.5) is 5.69 Å². The molecule has 0 radical (unpaired) electrons. The Kier molecular flexibility index (Phi) is 2.71. The van der Waals surface area contributed by atoms with E-state index in [9.17, 15) is 13.2 Å². The van der Waals surface area contributed by atoms with E-state index in [0.29, 0.717) is 17.5 Å². The molecule has 1 aromatic carbocycles. The highest BCUT2D eigenvalue weighted by molar-refractivity contribution is 7.61. The fourth-order valence-corrected chi connectivity index (χ4v) is 0.994. The predicted molar refractivity (Wildman–Crippen MR) is 42.8 cm³/mol.